The monoisotopic (exact) mass is 741 g/mol. The number of aryl methyl sites for hydroxylation is 1. The zero-order valence-electron chi connectivity index (χ0n) is 32.2. The van der Waals surface area contributed by atoms with Crippen molar-refractivity contribution in [2.45, 2.75) is 172 Å². The fraction of sp³-hybridized carbons (Fsp3) is 0.833. The molecule has 9 nitrogen and oxygen atoms in total. The van der Waals surface area contributed by atoms with Crippen molar-refractivity contribution in [1.29, 1.82) is 0 Å². The topological polar surface area (TPSA) is 93.7 Å². The van der Waals surface area contributed by atoms with E-state index in [1.165, 1.54) is 6.42 Å². The summed E-state index contributed by atoms with van der Waals surface area (Å²) in [5.41, 5.74) is -0.125. The number of anilines is 1. The molecule has 10 heteroatoms. The molecule has 4 bridgehead atoms. The lowest BCUT2D eigenvalue weighted by molar-refractivity contribution is -0.491. The molecule has 1 N–H and O–H groups in total. The fourth-order valence-electron chi connectivity index (χ4n) is 13.3. The van der Waals surface area contributed by atoms with Gasteiger partial charge in [-0.2, -0.15) is 0 Å². The zero-order chi connectivity index (χ0) is 36.4. The number of fused-ring (bicyclic) bond motifs is 4. The van der Waals surface area contributed by atoms with Gasteiger partial charge in [-0.1, -0.05) is 39.3 Å². The highest BCUT2D eigenvalue weighted by Gasteiger charge is 2.70. The summed E-state index contributed by atoms with van der Waals surface area (Å²) in [4.78, 5) is 39.8. The van der Waals surface area contributed by atoms with Crippen molar-refractivity contribution >= 4 is 23.4 Å². The van der Waals surface area contributed by atoms with E-state index in [0.29, 0.717) is 46.7 Å². The van der Waals surface area contributed by atoms with E-state index in [2.05, 4.69) is 46.9 Å². The van der Waals surface area contributed by atoms with Crippen LogP contribution in [0.25, 0.3) is 0 Å². The predicted molar refractivity (Wildman–Crippen MR) is 195 cm³/mol. The summed E-state index contributed by atoms with van der Waals surface area (Å²) in [5.74, 6) is 2.61. The zero-order valence-corrected chi connectivity index (χ0v) is 32.9. The Balaban J connectivity index is 1.05. The van der Waals surface area contributed by atoms with Crippen LogP contribution in [0.1, 0.15) is 118 Å². The Kier molecular flexibility index (Phi) is 8.90. The van der Waals surface area contributed by atoms with E-state index in [1.807, 2.05) is 19.1 Å². The molecule has 1 aromatic rings. The Morgan fingerprint density at radius 3 is 1.96 bits per heavy atom. The van der Waals surface area contributed by atoms with E-state index in [0.717, 1.165) is 63.4 Å². The number of ether oxygens (including phenoxy) is 3. The predicted octanol–water partition coefficient (Wildman–Crippen LogP) is 9.37. The van der Waals surface area contributed by atoms with Crippen molar-refractivity contribution in [3.8, 4) is 0 Å². The highest BCUT2D eigenvalue weighted by Crippen LogP contribution is 2.64. The maximum absolute atomic E-state index is 14.0. The van der Waals surface area contributed by atoms with E-state index >= 15 is 0 Å². The third-order valence-corrected chi connectivity index (χ3v) is 16.2. The van der Waals surface area contributed by atoms with E-state index in [-0.39, 0.29) is 47.8 Å². The van der Waals surface area contributed by atoms with Gasteiger partial charge in [-0.3, -0.25) is 5.32 Å². The van der Waals surface area contributed by atoms with Gasteiger partial charge < -0.3 is 14.2 Å². The maximum atomic E-state index is 14.0. The van der Waals surface area contributed by atoms with Crippen molar-refractivity contribution in [2.24, 2.45) is 47.3 Å². The molecule has 1 aromatic carbocycles. The summed E-state index contributed by atoms with van der Waals surface area (Å²) in [6.45, 7) is 15.7. The molecule has 10 fully saturated rings. The summed E-state index contributed by atoms with van der Waals surface area (Å²) >= 11 is 6.39. The second kappa shape index (κ2) is 12.8. The molecule has 0 aromatic heterocycles. The molecule has 4 saturated carbocycles. The van der Waals surface area contributed by atoms with Crippen LogP contribution >= 0.6 is 11.6 Å². The molecule has 4 aliphatic carbocycles. The van der Waals surface area contributed by atoms with Gasteiger partial charge in [-0.15, -0.1) is 0 Å². The summed E-state index contributed by atoms with van der Waals surface area (Å²) in [5, 5.41) is 3.57. The third-order valence-electron chi connectivity index (χ3n) is 16.0. The minimum atomic E-state index is -0.545. The van der Waals surface area contributed by atoms with Crippen molar-refractivity contribution in [1.82, 2.24) is 0 Å². The average molecular weight is 742 g/mol. The smallest absolute Gasteiger partial charge is 0.411 e. The maximum Gasteiger partial charge on any atom is 0.411 e. The van der Waals surface area contributed by atoms with Crippen LogP contribution < -0.4 is 5.32 Å². The van der Waals surface area contributed by atoms with Crippen molar-refractivity contribution in [3.05, 3.63) is 28.8 Å². The molecule has 1 unspecified atom stereocenters. The number of hydrogen-bond donors (Lipinski definition) is 1. The van der Waals surface area contributed by atoms with Gasteiger partial charge in [0.2, 0.25) is 0 Å². The molecule has 11 rings (SSSR count). The van der Waals surface area contributed by atoms with Crippen LogP contribution in [-0.4, -0.2) is 59.0 Å². The Bertz CT molecular complexity index is 1540. The summed E-state index contributed by atoms with van der Waals surface area (Å²) in [6.07, 6.45) is 8.94. The Morgan fingerprint density at radius 1 is 0.788 bits per heavy atom. The number of rotatable bonds is 5. The molecule has 6 heterocycles. The summed E-state index contributed by atoms with van der Waals surface area (Å²) < 4.78 is 21.2. The number of halogens is 1. The molecular formula is C42H60ClNO8. The van der Waals surface area contributed by atoms with Gasteiger partial charge in [0.05, 0.1) is 24.4 Å². The second-order valence-corrected chi connectivity index (χ2v) is 19.7. The number of benzene rings is 1. The second-order valence-electron chi connectivity index (χ2n) is 19.3. The number of hydrogen-bond acceptors (Lipinski definition) is 8. The van der Waals surface area contributed by atoms with Gasteiger partial charge in [0, 0.05) is 30.0 Å². The van der Waals surface area contributed by atoms with Gasteiger partial charge in [0.1, 0.15) is 28.5 Å². The SMILES string of the molecule is Cc1cc(Cl)cc(NC(=O)O[C@@H](C[C@H]2O[C@@H]3C[C@@]4(C)CC[C@H]5[C@H](C)CC[C@@H]([C@H]2C)[C@@]35OO4)C2O[C@@H]3C[C@@]4(C)CC[C@H]5[C@H](C)CC[C@@H]([C@H]2C)[C@@]35OO4)c1. The normalized spacial score (nSPS) is 51.0. The third kappa shape index (κ3) is 5.55. The van der Waals surface area contributed by atoms with E-state index in [9.17, 15) is 4.79 Å². The summed E-state index contributed by atoms with van der Waals surface area (Å²) in [7, 11) is 0. The minimum Gasteiger partial charge on any atom is -0.443 e. The van der Waals surface area contributed by atoms with Gasteiger partial charge in [0.15, 0.2) is 0 Å². The molecule has 52 heavy (non-hydrogen) atoms. The first-order chi connectivity index (χ1) is 24.7. The van der Waals surface area contributed by atoms with Crippen molar-refractivity contribution in [3.63, 3.8) is 0 Å². The van der Waals surface area contributed by atoms with Crippen LogP contribution in [0, 0.1) is 54.3 Å². The molecular weight excluding hydrogens is 682 g/mol. The molecule has 6 saturated heterocycles. The van der Waals surface area contributed by atoms with Crippen molar-refractivity contribution in [2.75, 3.05) is 5.32 Å². The van der Waals surface area contributed by atoms with Crippen molar-refractivity contribution < 1.29 is 38.6 Å². The minimum absolute atomic E-state index is 0.0678. The highest BCUT2D eigenvalue weighted by atomic mass is 35.5. The van der Waals surface area contributed by atoms with Crippen LogP contribution in [0.15, 0.2) is 18.2 Å². The number of nitrogens with one attached hydrogen (secondary N) is 1. The molecule has 0 radical (unpaired) electrons. The lowest BCUT2D eigenvalue weighted by Gasteiger charge is -2.62. The highest BCUT2D eigenvalue weighted by molar-refractivity contribution is 6.31. The van der Waals surface area contributed by atoms with Gasteiger partial charge in [0.25, 0.3) is 0 Å². The molecule has 288 valence electrons. The summed E-state index contributed by atoms with van der Waals surface area (Å²) in [6, 6.07) is 5.54. The van der Waals surface area contributed by atoms with Crippen LogP contribution in [-0.2, 0) is 33.8 Å². The van der Waals surface area contributed by atoms with Crippen LogP contribution in [0.2, 0.25) is 5.02 Å². The largest absolute Gasteiger partial charge is 0.443 e. The quantitative estimate of drug-likeness (QED) is 0.299. The molecule has 1 amide bonds. The first-order valence-corrected chi connectivity index (χ1v) is 20.9. The van der Waals surface area contributed by atoms with Gasteiger partial charge in [-0.05, 0) is 143 Å². The Morgan fingerprint density at radius 2 is 1.37 bits per heavy atom. The standard InChI is InChI=1S/C42H60ClNO8/c1-22-16-27(43)18-28(17-22)44-38(45)47-34(37-26(5)32-11-9-24(3)30-13-15-40(7)21-36(48-37)42(30,32)52-50-40)19-33-25(4)31-10-8-23(2)29-12-14-39(6)20-35(46-33)41(29,31)51-49-39/h16-18,23-26,29-37H,8-15,19-21H2,1-7H3,(H,44,45)/t23-,24-,25-,26-,29+,30+,31+,32+,33-,34+,35-,36-,37?,39-,40-,41-,42-/m1/s1. The number of carbonyl (C=O) groups is 1. The number of carbonyl (C=O) groups excluding carboxylic acids is 1. The lowest BCUT2D eigenvalue weighted by Crippen LogP contribution is -2.71. The van der Waals surface area contributed by atoms with E-state index in [1.54, 1.807) is 6.07 Å². The van der Waals surface area contributed by atoms with E-state index in [4.69, 9.17) is 45.4 Å². The first kappa shape index (κ1) is 36.2. The molecule has 17 atom stereocenters. The number of amides is 1. The first-order valence-electron chi connectivity index (χ1n) is 20.5. The van der Waals surface area contributed by atoms with E-state index < -0.39 is 29.0 Å². The molecule has 10 aliphatic rings. The Labute approximate surface area is 314 Å². The van der Waals surface area contributed by atoms with Crippen LogP contribution in [0.3, 0.4) is 0 Å². The fourth-order valence-corrected chi connectivity index (χ4v) is 13.6. The Hall–Kier alpha value is -1.46. The van der Waals surface area contributed by atoms with Crippen LogP contribution in [0.4, 0.5) is 10.5 Å². The van der Waals surface area contributed by atoms with Gasteiger partial charge in [-0.25, -0.2) is 24.3 Å². The molecule has 2 spiro atoms. The van der Waals surface area contributed by atoms with Gasteiger partial charge >= 0.3 is 6.09 Å². The van der Waals surface area contributed by atoms with Crippen LogP contribution in [0.5, 0.6) is 0 Å². The molecule has 6 aliphatic heterocycles. The lowest BCUT2D eigenvalue weighted by atomic mass is 9.55. The average Bonchev–Trinajstić information content (AvgIpc) is 3.45.